The van der Waals surface area contributed by atoms with Crippen LogP contribution in [0.1, 0.15) is 28.4 Å². The van der Waals surface area contributed by atoms with E-state index in [1.165, 1.54) is 31.4 Å². The molecule has 0 aliphatic rings. The molecular weight excluding hydrogens is 222 g/mol. The normalized spacial score (nSPS) is 13.5. The molecule has 2 unspecified atom stereocenters. The Labute approximate surface area is 98.9 Å². The quantitative estimate of drug-likeness (QED) is 0.752. The number of rotatable bonds is 4. The zero-order valence-corrected chi connectivity index (χ0v) is 9.33. The minimum atomic E-state index is -1.14. The summed E-state index contributed by atoms with van der Waals surface area (Å²) < 4.78 is 4.53. The van der Waals surface area contributed by atoms with Gasteiger partial charge in [-0.15, -0.1) is 0 Å². The van der Waals surface area contributed by atoms with Gasteiger partial charge < -0.3 is 14.9 Å². The van der Waals surface area contributed by atoms with E-state index in [1.54, 1.807) is 6.07 Å². The average Bonchev–Trinajstić information content (AvgIpc) is 2.37. The monoisotopic (exact) mass is 235 g/mol. The molecule has 0 amide bonds. The first-order valence-electron chi connectivity index (χ1n) is 5.01. The lowest BCUT2D eigenvalue weighted by Gasteiger charge is -2.15. The molecule has 0 radical (unpaired) electrons. The number of aliphatic hydroxyl groups is 2. The van der Waals surface area contributed by atoms with Crippen LogP contribution < -0.4 is 0 Å². The molecule has 5 heteroatoms. The van der Waals surface area contributed by atoms with Crippen molar-refractivity contribution in [1.29, 1.82) is 5.26 Å². The molecule has 17 heavy (non-hydrogen) atoms. The number of benzene rings is 1. The first-order valence-corrected chi connectivity index (χ1v) is 5.01. The number of methoxy groups -OCH3 is 1. The van der Waals surface area contributed by atoms with Crippen LogP contribution in [0.25, 0.3) is 0 Å². The van der Waals surface area contributed by atoms with E-state index in [2.05, 4.69) is 4.74 Å². The van der Waals surface area contributed by atoms with Gasteiger partial charge in [0.05, 0.1) is 31.3 Å². The van der Waals surface area contributed by atoms with Gasteiger partial charge in [-0.1, -0.05) is 12.1 Å². The molecular formula is C12H13NO4. The largest absolute Gasteiger partial charge is 0.465 e. The van der Waals surface area contributed by atoms with E-state index in [4.69, 9.17) is 5.26 Å². The second-order valence-corrected chi connectivity index (χ2v) is 3.49. The molecule has 0 fully saturated rings. The van der Waals surface area contributed by atoms with Gasteiger partial charge in [0, 0.05) is 0 Å². The Balaban J connectivity index is 2.81. The maximum absolute atomic E-state index is 11.2. The van der Waals surface area contributed by atoms with Crippen molar-refractivity contribution in [3.05, 3.63) is 35.4 Å². The molecule has 2 N–H and O–H groups in total. The molecule has 1 aromatic carbocycles. The van der Waals surface area contributed by atoms with Crippen molar-refractivity contribution in [2.24, 2.45) is 0 Å². The van der Waals surface area contributed by atoms with Crippen molar-refractivity contribution < 1.29 is 19.7 Å². The molecule has 0 aliphatic carbocycles. The highest BCUT2D eigenvalue weighted by molar-refractivity contribution is 5.89. The summed E-state index contributed by atoms with van der Waals surface area (Å²) in [5.74, 6) is -0.469. The van der Waals surface area contributed by atoms with Crippen LogP contribution in [-0.4, -0.2) is 29.4 Å². The highest BCUT2D eigenvalue weighted by atomic mass is 16.5. The lowest BCUT2D eigenvalue weighted by atomic mass is 10.0. The second-order valence-electron chi connectivity index (χ2n) is 3.49. The molecule has 0 aromatic heterocycles. The summed E-state index contributed by atoms with van der Waals surface area (Å²) in [4.78, 5) is 11.2. The van der Waals surface area contributed by atoms with Crippen LogP contribution in [0.4, 0.5) is 0 Å². The fraction of sp³-hybridized carbons (Fsp3) is 0.333. The fourth-order valence-corrected chi connectivity index (χ4v) is 1.36. The molecule has 5 nitrogen and oxygen atoms in total. The summed E-state index contributed by atoms with van der Waals surface area (Å²) in [6.45, 7) is 0. The van der Waals surface area contributed by atoms with Crippen LogP contribution in [0.15, 0.2) is 24.3 Å². The summed E-state index contributed by atoms with van der Waals surface area (Å²) in [5, 5.41) is 27.5. The standard InChI is InChI=1S/C12H13NO4/c1-17-12(16)9-4-2-8(3-5-9)11(15)10(14)6-7-13/h2-5,10-11,14-15H,6H2,1H3. The fourth-order valence-electron chi connectivity index (χ4n) is 1.36. The Morgan fingerprint density at radius 1 is 1.41 bits per heavy atom. The number of carbonyl (C=O) groups excluding carboxylic acids is 1. The highest BCUT2D eigenvalue weighted by Crippen LogP contribution is 2.19. The summed E-state index contributed by atoms with van der Waals surface area (Å²) >= 11 is 0. The van der Waals surface area contributed by atoms with E-state index >= 15 is 0 Å². The maximum atomic E-state index is 11.2. The third-order valence-corrected chi connectivity index (χ3v) is 2.34. The summed E-state index contributed by atoms with van der Waals surface area (Å²) in [5.41, 5.74) is 0.804. The van der Waals surface area contributed by atoms with Crippen LogP contribution in [0.3, 0.4) is 0 Å². The lowest BCUT2D eigenvalue weighted by molar-refractivity contribution is 0.0216. The van der Waals surface area contributed by atoms with Gasteiger partial charge in [0.15, 0.2) is 0 Å². The van der Waals surface area contributed by atoms with E-state index in [0.717, 1.165) is 0 Å². The predicted molar refractivity (Wildman–Crippen MR) is 59.0 cm³/mol. The van der Waals surface area contributed by atoms with Crippen molar-refractivity contribution in [2.75, 3.05) is 7.11 Å². The number of esters is 1. The lowest BCUT2D eigenvalue weighted by Crippen LogP contribution is -2.17. The van der Waals surface area contributed by atoms with Gasteiger partial charge in [-0.2, -0.15) is 5.26 Å². The Bertz CT molecular complexity index is 421. The van der Waals surface area contributed by atoms with Crippen LogP contribution in [0.2, 0.25) is 0 Å². The number of hydrogen-bond acceptors (Lipinski definition) is 5. The molecule has 1 rings (SSSR count). The molecule has 0 saturated heterocycles. The SMILES string of the molecule is COC(=O)c1ccc(C(O)C(O)CC#N)cc1. The number of nitriles is 1. The third-order valence-electron chi connectivity index (χ3n) is 2.34. The first-order chi connectivity index (χ1) is 8.10. The van der Waals surface area contributed by atoms with Gasteiger partial charge in [-0.3, -0.25) is 0 Å². The minimum absolute atomic E-state index is 0.153. The Hall–Kier alpha value is -1.90. The van der Waals surface area contributed by atoms with Gasteiger partial charge >= 0.3 is 5.97 Å². The van der Waals surface area contributed by atoms with Crippen LogP contribution in [-0.2, 0) is 4.74 Å². The summed E-state index contributed by atoms with van der Waals surface area (Å²) in [7, 11) is 1.28. The van der Waals surface area contributed by atoms with Crippen molar-refractivity contribution in [3.63, 3.8) is 0 Å². The van der Waals surface area contributed by atoms with Gasteiger partial charge in [0.1, 0.15) is 6.10 Å². The number of aliphatic hydroxyl groups excluding tert-OH is 2. The van der Waals surface area contributed by atoms with E-state index < -0.39 is 18.2 Å². The van der Waals surface area contributed by atoms with E-state index in [1.807, 2.05) is 0 Å². The first kappa shape index (κ1) is 13.2. The topological polar surface area (TPSA) is 90.6 Å². The van der Waals surface area contributed by atoms with Crippen molar-refractivity contribution in [3.8, 4) is 6.07 Å². The zero-order valence-electron chi connectivity index (χ0n) is 9.33. The number of carbonyl (C=O) groups is 1. The van der Waals surface area contributed by atoms with E-state index in [0.29, 0.717) is 11.1 Å². The molecule has 0 aliphatic heterocycles. The van der Waals surface area contributed by atoms with Gasteiger partial charge in [0.2, 0.25) is 0 Å². The van der Waals surface area contributed by atoms with Crippen LogP contribution in [0.5, 0.6) is 0 Å². The number of hydrogen-bond donors (Lipinski definition) is 2. The Kier molecular flexibility index (Phi) is 4.64. The van der Waals surface area contributed by atoms with Gasteiger partial charge in [0.25, 0.3) is 0 Å². The van der Waals surface area contributed by atoms with Crippen molar-refractivity contribution in [1.82, 2.24) is 0 Å². The maximum Gasteiger partial charge on any atom is 0.337 e. The van der Waals surface area contributed by atoms with Crippen molar-refractivity contribution >= 4 is 5.97 Å². The second kappa shape index (κ2) is 5.99. The minimum Gasteiger partial charge on any atom is -0.465 e. The number of nitrogens with zero attached hydrogens (tertiary/aromatic N) is 1. The van der Waals surface area contributed by atoms with Gasteiger partial charge in [-0.05, 0) is 17.7 Å². The molecule has 2 atom stereocenters. The van der Waals surface area contributed by atoms with Gasteiger partial charge in [-0.25, -0.2) is 4.79 Å². The summed E-state index contributed by atoms with van der Waals surface area (Å²) in [6, 6.07) is 7.77. The molecule has 0 bridgehead atoms. The average molecular weight is 235 g/mol. The Morgan fingerprint density at radius 3 is 2.47 bits per heavy atom. The van der Waals surface area contributed by atoms with E-state index in [-0.39, 0.29) is 6.42 Å². The molecule has 90 valence electrons. The predicted octanol–water partition coefficient (Wildman–Crippen LogP) is 0.781. The molecule has 1 aromatic rings. The van der Waals surface area contributed by atoms with Crippen LogP contribution >= 0.6 is 0 Å². The zero-order chi connectivity index (χ0) is 12.8. The number of ether oxygens (including phenoxy) is 1. The Morgan fingerprint density at radius 2 is 2.00 bits per heavy atom. The smallest absolute Gasteiger partial charge is 0.337 e. The summed E-state index contributed by atoms with van der Waals surface area (Å²) in [6.07, 6.45) is -2.43. The molecule has 0 saturated carbocycles. The van der Waals surface area contributed by atoms with Crippen LogP contribution in [0, 0.1) is 11.3 Å². The van der Waals surface area contributed by atoms with Crippen molar-refractivity contribution in [2.45, 2.75) is 18.6 Å². The molecule has 0 heterocycles. The molecule has 0 spiro atoms. The third kappa shape index (κ3) is 3.28. The highest BCUT2D eigenvalue weighted by Gasteiger charge is 2.18. The van der Waals surface area contributed by atoms with E-state index in [9.17, 15) is 15.0 Å².